The van der Waals surface area contributed by atoms with Crippen molar-refractivity contribution in [3.8, 4) is 0 Å². The van der Waals surface area contributed by atoms with E-state index < -0.39 is 11.2 Å². The number of hydrogen-bond acceptors (Lipinski definition) is 6. The topological polar surface area (TPSA) is 85.2 Å². The molecule has 126 valence electrons. The Morgan fingerprint density at radius 1 is 1.21 bits per heavy atom. The van der Waals surface area contributed by atoms with Crippen LogP contribution in [0, 0.1) is 12.3 Å². The first-order chi connectivity index (χ1) is 11.4. The number of rotatable bonds is 5. The van der Waals surface area contributed by atoms with E-state index in [1.165, 1.54) is 5.01 Å². The SMILES string of the molecule is Cc1oc(=O)oc1COCC1(C)C(=O)N(C)N=C1c1ccccc1. The van der Waals surface area contributed by atoms with Gasteiger partial charge in [0.25, 0.3) is 5.91 Å². The smallest absolute Gasteiger partial charge is 0.396 e. The van der Waals surface area contributed by atoms with Gasteiger partial charge in [0, 0.05) is 7.05 Å². The summed E-state index contributed by atoms with van der Waals surface area (Å²) in [5.41, 5.74) is 0.613. The molecule has 1 unspecified atom stereocenters. The van der Waals surface area contributed by atoms with Crippen LogP contribution in [0.5, 0.6) is 0 Å². The minimum Gasteiger partial charge on any atom is -0.396 e. The van der Waals surface area contributed by atoms with Crippen LogP contribution in [0.1, 0.15) is 24.0 Å². The molecule has 0 aliphatic carbocycles. The molecule has 7 nitrogen and oxygen atoms in total. The third kappa shape index (κ3) is 2.78. The van der Waals surface area contributed by atoms with Crippen LogP contribution in [0.15, 0.2) is 49.1 Å². The number of benzene rings is 1. The molecule has 2 heterocycles. The first kappa shape index (κ1) is 16.2. The third-order valence-corrected chi connectivity index (χ3v) is 4.05. The van der Waals surface area contributed by atoms with Gasteiger partial charge in [0.1, 0.15) is 17.8 Å². The molecule has 24 heavy (non-hydrogen) atoms. The van der Waals surface area contributed by atoms with Crippen molar-refractivity contribution in [2.24, 2.45) is 10.5 Å². The van der Waals surface area contributed by atoms with Crippen LogP contribution < -0.4 is 5.82 Å². The minimum absolute atomic E-state index is 0.0478. The zero-order chi connectivity index (χ0) is 17.3. The number of nitrogens with zero attached hydrogens (tertiary/aromatic N) is 2. The van der Waals surface area contributed by atoms with Gasteiger partial charge in [-0.3, -0.25) is 4.79 Å². The van der Waals surface area contributed by atoms with Crippen molar-refractivity contribution in [2.45, 2.75) is 20.5 Å². The van der Waals surface area contributed by atoms with E-state index >= 15 is 0 Å². The van der Waals surface area contributed by atoms with Gasteiger partial charge >= 0.3 is 5.82 Å². The van der Waals surface area contributed by atoms with E-state index in [1.54, 1.807) is 20.9 Å². The number of aryl methyl sites for hydroxylation is 1. The highest BCUT2D eigenvalue weighted by Crippen LogP contribution is 2.32. The van der Waals surface area contributed by atoms with Crippen LogP contribution in [0.4, 0.5) is 0 Å². The summed E-state index contributed by atoms with van der Waals surface area (Å²) < 4.78 is 15.3. The summed E-state index contributed by atoms with van der Waals surface area (Å²) in [6.07, 6.45) is 0. The Kier molecular flexibility index (Phi) is 4.11. The zero-order valence-corrected chi connectivity index (χ0v) is 13.7. The molecule has 2 aromatic rings. The maximum Gasteiger partial charge on any atom is 0.519 e. The second-order valence-electron chi connectivity index (χ2n) is 5.90. The quantitative estimate of drug-likeness (QED) is 0.836. The first-order valence-electron chi connectivity index (χ1n) is 7.51. The summed E-state index contributed by atoms with van der Waals surface area (Å²) >= 11 is 0. The van der Waals surface area contributed by atoms with Crippen molar-refractivity contribution >= 4 is 11.6 Å². The Morgan fingerprint density at radius 3 is 2.54 bits per heavy atom. The Morgan fingerprint density at radius 2 is 1.92 bits per heavy atom. The third-order valence-electron chi connectivity index (χ3n) is 4.05. The van der Waals surface area contributed by atoms with E-state index in [-0.39, 0.29) is 19.1 Å². The number of amides is 1. The molecule has 1 aliphatic rings. The van der Waals surface area contributed by atoms with Gasteiger partial charge in [-0.25, -0.2) is 9.80 Å². The molecule has 3 rings (SSSR count). The van der Waals surface area contributed by atoms with Crippen LogP contribution in [0.2, 0.25) is 0 Å². The summed E-state index contributed by atoms with van der Waals surface area (Å²) in [6.45, 7) is 3.57. The predicted molar refractivity (Wildman–Crippen MR) is 85.5 cm³/mol. The lowest BCUT2D eigenvalue weighted by molar-refractivity contribution is -0.136. The molecular weight excluding hydrogens is 312 g/mol. The number of hydrogen-bond donors (Lipinski definition) is 0. The molecule has 0 fully saturated rings. The van der Waals surface area contributed by atoms with Crippen LogP contribution in [0.25, 0.3) is 0 Å². The van der Waals surface area contributed by atoms with E-state index in [4.69, 9.17) is 13.6 Å². The summed E-state index contributed by atoms with van der Waals surface area (Å²) in [5, 5.41) is 5.70. The number of ether oxygens (including phenoxy) is 1. The number of carbonyl (C=O) groups excluding carboxylic acids is 1. The zero-order valence-electron chi connectivity index (χ0n) is 13.7. The van der Waals surface area contributed by atoms with E-state index in [2.05, 4.69) is 5.10 Å². The molecule has 1 amide bonds. The fourth-order valence-electron chi connectivity index (χ4n) is 2.72. The first-order valence-corrected chi connectivity index (χ1v) is 7.51. The van der Waals surface area contributed by atoms with Crippen molar-refractivity contribution in [2.75, 3.05) is 13.7 Å². The van der Waals surface area contributed by atoms with E-state index in [1.807, 2.05) is 30.3 Å². The van der Waals surface area contributed by atoms with Crippen LogP contribution in [0.3, 0.4) is 0 Å². The summed E-state index contributed by atoms with van der Waals surface area (Å²) in [6, 6.07) is 9.50. The lowest BCUT2D eigenvalue weighted by Crippen LogP contribution is -2.40. The van der Waals surface area contributed by atoms with Crippen molar-refractivity contribution in [1.29, 1.82) is 0 Å². The standard InChI is InChI=1S/C17H18N2O5/c1-11-13(24-16(21)23-11)9-22-10-17(2)14(18-19(3)15(17)20)12-7-5-4-6-8-12/h4-8H,9-10H2,1-3H3. The Balaban J connectivity index is 1.79. The maximum atomic E-state index is 12.6. The van der Waals surface area contributed by atoms with Crippen molar-refractivity contribution in [1.82, 2.24) is 5.01 Å². The van der Waals surface area contributed by atoms with E-state index in [9.17, 15) is 9.59 Å². The van der Waals surface area contributed by atoms with Crippen LogP contribution in [-0.4, -0.2) is 30.3 Å². The number of hydrazone groups is 1. The van der Waals surface area contributed by atoms with Crippen LogP contribution in [-0.2, 0) is 16.1 Å². The lowest BCUT2D eigenvalue weighted by atomic mass is 9.82. The summed E-state index contributed by atoms with van der Waals surface area (Å²) in [4.78, 5) is 23.6. The fraction of sp³-hybridized carbons (Fsp3) is 0.353. The van der Waals surface area contributed by atoms with Gasteiger partial charge in [-0.15, -0.1) is 0 Å². The molecule has 0 bridgehead atoms. The normalized spacial score (nSPS) is 20.5. The van der Waals surface area contributed by atoms with Gasteiger partial charge < -0.3 is 13.6 Å². The second-order valence-corrected chi connectivity index (χ2v) is 5.90. The molecule has 1 aliphatic heterocycles. The second kappa shape index (κ2) is 6.09. The molecule has 0 saturated carbocycles. The van der Waals surface area contributed by atoms with Gasteiger partial charge in [-0.05, 0) is 19.4 Å². The molecule has 0 radical (unpaired) electrons. The van der Waals surface area contributed by atoms with E-state index in [0.29, 0.717) is 17.2 Å². The van der Waals surface area contributed by atoms with Gasteiger partial charge in [0.05, 0.1) is 12.3 Å². The average Bonchev–Trinajstić information content (AvgIpc) is 3.00. The highest BCUT2D eigenvalue weighted by atomic mass is 16.6. The Labute approximate surface area is 138 Å². The Hall–Kier alpha value is -2.67. The predicted octanol–water partition coefficient (Wildman–Crippen LogP) is 1.94. The summed E-state index contributed by atoms with van der Waals surface area (Å²) in [7, 11) is 1.62. The number of carbonyl (C=O) groups is 1. The van der Waals surface area contributed by atoms with Gasteiger partial charge in [0.15, 0.2) is 5.76 Å². The largest absolute Gasteiger partial charge is 0.519 e. The highest BCUT2D eigenvalue weighted by Gasteiger charge is 2.46. The lowest BCUT2D eigenvalue weighted by Gasteiger charge is -2.23. The minimum atomic E-state index is -0.909. The van der Waals surface area contributed by atoms with Gasteiger partial charge in [-0.2, -0.15) is 5.10 Å². The molecule has 1 aromatic heterocycles. The Bertz CT molecular complexity index is 836. The van der Waals surface area contributed by atoms with Crippen molar-refractivity contribution in [3.63, 3.8) is 0 Å². The molecule has 0 saturated heterocycles. The molecule has 1 atom stereocenters. The van der Waals surface area contributed by atoms with Gasteiger partial charge in [-0.1, -0.05) is 30.3 Å². The van der Waals surface area contributed by atoms with Gasteiger partial charge in [0.2, 0.25) is 0 Å². The highest BCUT2D eigenvalue weighted by molar-refractivity contribution is 6.19. The fourth-order valence-corrected chi connectivity index (χ4v) is 2.72. The molecule has 0 spiro atoms. The maximum absolute atomic E-state index is 12.6. The van der Waals surface area contributed by atoms with E-state index in [0.717, 1.165) is 5.56 Å². The van der Waals surface area contributed by atoms with Crippen LogP contribution >= 0.6 is 0 Å². The monoisotopic (exact) mass is 330 g/mol. The van der Waals surface area contributed by atoms with Crippen molar-refractivity contribution in [3.05, 3.63) is 58.0 Å². The average molecular weight is 330 g/mol. The molecular formula is C17H18N2O5. The summed E-state index contributed by atoms with van der Waals surface area (Å²) in [5.74, 6) is -0.218. The molecule has 1 aromatic carbocycles. The molecule has 7 heteroatoms. The van der Waals surface area contributed by atoms with Crippen molar-refractivity contribution < 1.29 is 18.4 Å². The molecule has 0 N–H and O–H groups in total.